The molecule has 2 heterocycles. The van der Waals surface area contributed by atoms with Crippen LogP contribution in [0.25, 0.3) is 0 Å². The van der Waals surface area contributed by atoms with Gasteiger partial charge in [0, 0.05) is 31.0 Å². The van der Waals surface area contributed by atoms with Gasteiger partial charge in [-0.3, -0.25) is 0 Å². The molecule has 2 aliphatic rings. The fourth-order valence-corrected chi connectivity index (χ4v) is 3.52. The highest BCUT2D eigenvalue weighted by molar-refractivity contribution is 5.63. The summed E-state index contributed by atoms with van der Waals surface area (Å²) in [5, 5.41) is 3.54. The number of aryl methyl sites for hydroxylation is 1. The Balaban J connectivity index is 1.83. The van der Waals surface area contributed by atoms with Gasteiger partial charge in [0.1, 0.15) is 0 Å². The van der Waals surface area contributed by atoms with Gasteiger partial charge in [-0.25, -0.2) is 0 Å². The van der Waals surface area contributed by atoms with Crippen molar-refractivity contribution >= 4 is 11.4 Å². The molecule has 1 aromatic rings. The van der Waals surface area contributed by atoms with Gasteiger partial charge >= 0.3 is 0 Å². The molecule has 1 saturated heterocycles. The zero-order chi connectivity index (χ0) is 12.5. The molecule has 0 spiro atoms. The van der Waals surface area contributed by atoms with E-state index in [2.05, 4.69) is 42.3 Å². The maximum absolute atomic E-state index is 3.54. The molecule has 2 atom stereocenters. The summed E-state index contributed by atoms with van der Waals surface area (Å²) in [5.74, 6) is 1.63. The largest absolute Gasteiger partial charge is 0.385 e. The summed E-state index contributed by atoms with van der Waals surface area (Å²) in [7, 11) is 0. The molecule has 0 aromatic heterocycles. The molecule has 1 fully saturated rings. The zero-order valence-electron chi connectivity index (χ0n) is 11.6. The van der Waals surface area contributed by atoms with Crippen LogP contribution in [-0.2, 0) is 6.42 Å². The zero-order valence-corrected chi connectivity index (χ0v) is 11.6. The molecule has 0 amide bonds. The van der Waals surface area contributed by atoms with Crippen molar-refractivity contribution in [3.63, 3.8) is 0 Å². The molecule has 2 aliphatic heterocycles. The standard InChI is InChI=1S/C16H24N2/c1-12-8-13(2)11-18(10-12)15-6-5-14-4-3-7-17-16(14)9-15/h5-6,9,12-13,17H,3-4,7-8,10-11H2,1-2H3. The van der Waals surface area contributed by atoms with Gasteiger partial charge in [-0.1, -0.05) is 19.9 Å². The Morgan fingerprint density at radius 2 is 1.94 bits per heavy atom. The second-order valence-electron chi connectivity index (χ2n) is 6.22. The first kappa shape index (κ1) is 11.9. The van der Waals surface area contributed by atoms with Gasteiger partial charge in [-0.15, -0.1) is 0 Å². The van der Waals surface area contributed by atoms with Crippen LogP contribution in [-0.4, -0.2) is 19.6 Å². The molecular weight excluding hydrogens is 220 g/mol. The molecule has 2 nitrogen and oxygen atoms in total. The van der Waals surface area contributed by atoms with E-state index in [0.717, 1.165) is 18.4 Å². The summed E-state index contributed by atoms with van der Waals surface area (Å²) in [6.45, 7) is 8.30. The summed E-state index contributed by atoms with van der Waals surface area (Å²) >= 11 is 0. The van der Waals surface area contributed by atoms with Gasteiger partial charge in [0.15, 0.2) is 0 Å². The predicted octanol–water partition coefficient (Wildman–Crippen LogP) is 3.53. The van der Waals surface area contributed by atoms with Crippen molar-refractivity contribution in [1.82, 2.24) is 0 Å². The van der Waals surface area contributed by atoms with E-state index in [9.17, 15) is 0 Å². The van der Waals surface area contributed by atoms with Crippen LogP contribution in [0.3, 0.4) is 0 Å². The van der Waals surface area contributed by atoms with Crippen molar-refractivity contribution in [2.45, 2.75) is 33.1 Å². The lowest BCUT2D eigenvalue weighted by atomic mass is 9.91. The van der Waals surface area contributed by atoms with Crippen LogP contribution in [0.2, 0.25) is 0 Å². The minimum Gasteiger partial charge on any atom is -0.385 e. The first-order valence-electron chi connectivity index (χ1n) is 7.34. The van der Waals surface area contributed by atoms with Crippen LogP contribution in [0, 0.1) is 11.8 Å². The highest BCUT2D eigenvalue weighted by atomic mass is 15.1. The topological polar surface area (TPSA) is 15.3 Å². The van der Waals surface area contributed by atoms with Crippen molar-refractivity contribution in [2.24, 2.45) is 11.8 Å². The minimum atomic E-state index is 0.817. The van der Waals surface area contributed by atoms with E-state index in [1.54, 1.807) is 0 Å². The number of piperidine rings is 1. The molecule has 0 radical (unpaired) electrons. The lowest BCUT2D eigenvalue weighted by Gasteiger charge is -2.37. The second-order valence-corrected chi connectivity index (χ2v) is 6.22. The van der Waals surface area contributed by atoms with Crippen molar-refractivity contribution in [3.8, 4) is 0 Å². The third-order valence-corrected chi connectivity index (χ3v) is 4.27. The number of hydrogen-bond donors (Lipinski definition) is 1. The lowest BCUT2D eigenvalue weighted by molar-refractivity contribution is 0.357. The summed E-state index contributed by atoms with van der Waals surface area (Å²) in [5.41, 5.74) is 4.26. The maximum Gasteiger partial charge on any atom is 0.0393 e. The molecule has 0 aliphatic carbocycles. The van der Waals surface area contributed by atoms with Crippen molar-refractivity contribution in [2.75, 3.05) is 29.9 Å². The van der Waals surface area contributed by atoms with Gasteiger partial charge in [0.25, 0.3) is 0 Å². The molecule has 0 saturated carbocycles. The molecule has 3 rings (SSSR count). The SMILES string of the molecule is CC1CC(C)CN(c2ccc3c(c2)NCCC3)C1. The number of nitrogens with zero attached hydrogens (tertiary/aromatic N) is 1. The van der Waals surface area contributed by atoms with Gasteiger partial charge in [-0.05, 0) is 48.8 Å². The fraction of sp³-hybridized carbons (Fsp3) is 0.625. The molecule has 0 bridgehead atoms. The minimum absolute atomic E-state index is 0.817. The van der Waals surface area contributed by atoms with Crippen LogP contribution >= 0.6 is 0 Å². The quantitative estimate of drug-likeness (QED) is 0.813. The Morgan fingerprint density at radius 1 is 1.17 bits per heavy atom. The van der Waals surface area contributed by atoms with Crippen molar-refractivity contribution in [1.29, 1.82) is 0 Å². The maximum atomic E-state index is 3.54. The monoisotopic (exact) mass is 244 g/mol. The van der Waals surface area contributed by atoms with Gasteiger partial charge in [0.05, 0.1) is 0 Å². The Bertz CT molecular complexity index is 417. The Morgan fingerprint density at radius 3 is 2.72 bits per heavy atom. The van der Waals surface area contributed by atoms with Crippen LogP contribution in [0.4, 0.5) is 11.4 Å². The Labute approximate surface area is 110 Å². The molecule has 1 N–H and O–H groups in total. The molecular formula is C16H24N2. The third-order valence-electron chi connectivity index (χ3n) is 4.27. The van der Waals surface area contributed by atoms with Crippen molar-refractivity contribution in [3.05, 3.63) is 23.8 Å². The average Bonchev–Trinajstić information content (AvgIpc) is 2.37. The average molecular weight is 244 g/mol. The summed E-state index contributed by atoms with van der Waals surface area (Å²) in [6.07, 6.45) is 3.87. The summed E-state index contributed by atoms with van der Waals surface area (Å²) in [4.78, 5) is 2.56. The van der Waals surface area contributed by atoms with Gasteiger partial charge in [-0.2, -0.15) is 0 Å². The number of nitrogens with one attached hydrogen (secondary N) is 1. The molecule has 18 heavy (non-hydrogen) atoms. The lowest BCUT2D eigenvalue weighted by Crippen LogP contribution is -2.38. The highest BCUT2D eigenvalue weighted by Gasteiger charge is 2.22. The number of rotatable bonds is 1. The van der Waals surface area contributed by atoms with E-state index in [1.165, 1.54) is 49.3 Å². The molecule has 98 valence electrons. The van der Waals surface area contributed by atoms with Crippen LogP contribution in [0.15, 0.2) is 18.2 Å². The van der Waals surface area contributed by atoms with E-state index in [1.807, 2.05) is 0 Å². The van der Waals surface area contributed by atoms with E-state index in [0.29, 0.717) is 0 Å². The Hall–Kier alpha value is -1.18. The van der Waals surface area contributed by atoms with Crippen LogP contribution in [0.5, 0.6) is 0 Å². The van der Waals surface area contributed by atoms with Crippen LogP contribution < -0.4 is 10.2 Å². The highest BCUT2D eigenvalue weighted by Crippen LogP contribution is 2.31. The van der Waals surface area contributed by atoms with Crippen molar-refractivity contribution < 1.29 is 0 Å². The summed E-state index contributed by atoms with van der Waals surface area (Å²) in [6, 6.07) is 7.00. The van der Waals surface area contributed by atoms with E-state index in [-0.39, 0.29) is 0 Å². The van der Waals surface area contributed by atoms with Gasteiger partial charge in [0.2, 0.25) is 0 Å². The smallest absolute Gasteiger partial charge is 0.0393 e. The Kier molecular flexibility index (Phi) is 3.19. The normalized spacial score (nSPS) is 27.6. The summed E-state index contributed by atoms with van der Waals surface area (Å²) < 4.78 is 0. The number of benzene rings is 1. The number of fused-ring (bicyclic) bond motifs is 1. The fourth-order valence-electron chi connectivity index (χ4n) is 3.52. The van der Waals surface area contributed by atoms with Crippen LogP contribution in [0.1, 0.15) is 32.3 Å². The van der Waals surface area contributed by atoms with E-state index < -0.39 is 0 Å². The third kappa shape index (κ3) is 2.33. The molecule has 2 unspecified atom stereocenters. The number of anilines is 2. The number of hydrogen-bond acceptors (Lipinski definition) is 2. The first-order chi connectivity index (χ1) is 8.72. The predicted molar refractivity (Wildman–Crippen MR) is 78.4 cm³/mol. The first-order valence-corrected chi connectivity index (χ1v) is 7.34. The molecule has 2 heteroatoms. The second kappa shape index (κ2) is 4.83. The van der Waals surface area contributed by atoms with E-state index in [4.69, 9.17) is 0 Å². The van der Waals surface area contributed by atoms with Gasteiger partial charge < -0.3 is 10.2 Å². The van der Waals surface area contributed by atoms with E-state index >= 15 is 0 Å². The molecule has 1 aromatic carbocycles.